The van der Waals surface area contributed by atoms with Crippen molar-refractivity contribution in [2.45, 2.75) is 38.1 Å². The van der Waals surface area contributed by atoms with Gasteiger partial charge >= 0.3 is 0 Å². The normalized spacial score (nSPS) is 23.3. The van der Waals surface area contributed by atoms with Gasteiger partial charge in [0.2, 0.25) is 0 Å². The van der Waals surface area contributed by atoms with Gasteiger partial charge in [0.1, 0.15) is 5.01 Å². The van der Waals surface area contributed by atoms with E-state index in [0.29, 0.717) is 0 Å². The van der Waals surface area contributed by atoms with Gasteiger partial charge in [-0.1, -0.05) is 12.8 Å². The van der Waals surface area contributed by atoms with Gasteiger partial charge in [-0.3, -0.25) is 4.90 Å². The van der Waals surface area contributed by atoms with Crippen molar-refractivity contribution in [3.05, 3.63) is 16.1 Å². The highest BCUT2D eigenvalue weighted by Gasteiger charge is 2.20. The number of aromatic nitrogens is 1. The summed E-state index contributed by atoms with van der Waals surface area (Å²) < 4.78 is 5.37. The van der Waals surface area contributed by atoms with E-state index in [1.807, 2.05) is 11.3 Å². The van der Waals surface area contributed by atoms with Crippen molar-refractivity contribution >= 4 is 11.3 Å². The summed E-state index contributed by atoms with van der Waals surface area (Å²) in [5.41, 5.74) is 1.36. The smallest absolute Gasteiger partial charge is 0.107 e. The third kappa shape index (κ3) is 2.87. The second-order valence-electron chi connectivity index (χ2n) is 5.04. The van der Waals surface area contributed by atoms with Crippen LogP contribution in [0.4, 0.5) is 0 Å². The third-order valence-corrected chi connectivity index (χ3v) is 4.66. The van der Waals surface area contributed by atoms with Gasteiger partial charge in [0, 0.05) is 24.4 Å². The first-order chi connectivity index (χ1) is 8.42. The Hall–Kier alpha value is -0.450. The molecule has 4 heteroatoms. The zero-order valence-corrected chi connectivity index (χ0v) is 11.0. The lowest BCUT2D eigenvalue weighted by Gasteiger charge is -2.25. The van der Waals surface area contributed by atoms with Gasteiger partial charge in [-0.2, -0.15) is 0 Å². The predicted molar refractivity (Wildman–Crippen MR) is 69.4 cm³/mol. The van der Waals surface area contributed by atoms with Crippen molar-refractivity contribution in [1.29, 1.82) is 0 Å². The molecule has 1 aromatic rings. The van der Waals surface area contributed by atoms with Crippen LogP contribution in [0.2, 0.25) is 0 Å². The van der Waals surface area contributed by atoms with Gasteiger partial charge in [-0.25, -0.2) is 4.98 Å². The minimum Gasteiger partial charge on any atom is -0.379 e. The molecule has 1 aromatic heterocycles. The number of hydrogen-bond acceptors (Lipinski definition) is 4. The van der Waals surface area contributed by atoms with Gasteiger partial charge in [-0.15, -0.1) is 11.3 Å². The lowest BCUT2D eigenvalue weighted by atomic mass is 10.1. The number of hydrogen-bond donors (Lipinski definition) is 0. The molecule has 0 unspecified atom stereocenters. The summed E-state index contributed by atoms with van der Waals surface area (Å²) in [6.07, 6.45) is 5.48. The van der Waals surface area contributed by atoms with E-state index in [1.165, 1.54) is 36.4 Å². The van der Waals surface area contributed by atoms with Crippen LogP contribution in [0.25, 0.3) is 0 Å². The van der Waals surface area contributed by atoms with E-state index in [-0.39, 0.29) is 0 Å². The second kappa shape index (κ2) is 5.46. The molecule has 17 heavy (non-hydrogen) atoms. The molecule has 3 nitrogen and oxygen atoms in total. The minimum absolute atomic E-state index is 0.754. The van der Waals surface area contributed by atoms with E-state index in [2.05, 4.69) is 10.3 Å². The Bertz CT molecular complexity index is 354. The van der Waals surface area contributed by atoms with Crippen molar-refractivity contribution in [1.82, 2.24) is 9.88 Å². The molecule has 1 aliphatic carbocycles. The maximum Gasteiger partial charge on any atom is 0.107 e. The maximum absolute atomic E-state index is 5.37. The van der Waals surface area contributed by atoms with Crippen molar-refractivity contribution in [3.63, 3.8) is 0 Å². The number of rotatable bonds is 3. The van der Waals surface area contributed by atoms with E-state index < -0.39 is 0 Å². The minimum atomic E-state index is 0.754. The highest BCUT2D eigenvalue weighted by molar-refractivity contribution is 7.09. The lowest BCUT2D eigenvalue weighted by molar-refractivity contribution is 0.0341. The summed E-state index contributed by atoms with van der Waals surface area (Å²) in [5.74, 6) is 0.754. The SMILES string of the molecule is c1sc(CN2CCOCC2)nc1C1CCCC1. The molecule has 0 bridgehead atoms. The maximum atomic E-state index is 5.37. The highest BCUT2D eigenvalue weighted by Crippen LogP contribution is 2.34. The Morgan fingerprint density at radius 2 is 2.06 bits per heavy atom. The Balaban J connectivity index is 1.59. The third-order valence-electron chi connectivity index (χ3n) is 3.81. The molecule has 3 rings (SSSR count). The van der Waals surface area contributed by atoms with Crippen LogP contribution in [0.15, 0.2) is 5.38 Å². The predicted octanol–water partition coefficient (Wildman–Crippen LogP) is 2.63. The summed E-state index contributed by atoms with van der Waals surface area (Å²) in [6, 6.07) is 0. The van der Waals surface area contributed by atoms with Gasteiger partial charge < -0.3 is 4.74 Å². The largest absolute Gasteiger partial charge is 0.379 e. The Morgan fingerprint density at radius 3 is 2.82 bits per heavy atom. The number of nitrogens with zero attached hydrogens (tertiary/aromatic N) is 2. The average Bonchev–Trinajstić information content (AvgIpc) is 3.00. The summed E-state index contributed by atoms with van der Waals surface area (Å²) >= 11 is 1.84. The molecule has 0 radical (unpaired) electrons. The van der Waals surface area contributed by atoms with Crippen LogP contribution in [-0.4, -0.2) is 36.2 Å². The summed E-state index contributed by atoms with van der Waals surface area (Å²) in [5, 5.41) is 3.57. The second-order valence-corrected chi connectivity index (χ2v) is 5.98. The van der Waals surface area contributed by atoms with Crippen LogP contribution in [0.5, 0.6) is 0 Å². The van der Waals surface area contributed by atoms with Gasteiger partial charge in [-0.05, 0) is 12.8 Å². The topological polar surface area (TPSA) is 25.4 Å². The average molecular weight is 252 g/mol. The molecule has 1 saturated heterocycles. The molecule has 94 valence electrons. The first kappa shape index (κ1) is 11.6. The zero-order valence-electron chi connectivity index (χ0n) is 10.2. The van der Waals surface area contributed by atoms with E-state index in [1.54, 1.807) is 0 Å². The lowest BCUT2D eigenvalue weighted by Crippen LogP contribution is -2.35. The van der Waals surface area contributed by atoms with E-state index >= 15 is 0 Å². The first-order valence-electron chi connectivity index (χ1n) is 6.66. The quantitative estimate of drug-likeness (QED) is 0.827. The summed E-state index contributed by atoms with van der Waals surface area (Å²) in [4.78, 5) is 7.27. The zero-order chi connectivity index (χ0) is 11.5. The number of morpholine rings is 1. The van der Waals surface area contributed by atoms with Crippen molar-refractivity contribution in [2.24, 2.45) is 0 Å². The van der Waals surface area contributed by atoms with Crippen LogP contribution in [-0.2, 0) is 11.3 Å². The number of thiazole rings is 1. The summed E-state index contributed by atoms with van der Waals surface area (Å²) in [7, 11) is 0. The Kier molecular flexibility index (Phi) is 3.74. The Labute approximate surface area is 107 Å². The monoisotopic (exact) mass is 252 g/mol. The van der Waals surface area contributed by atoms with Crippen LogP contribution in [0, 0.1) is 0 Å². The number of ether oxygens (including phenoxy) is 1. The van der Waals surface area contributed by atoms with E-state index in [9.17, 15) is 0 Å². The van der Waals surface area contributed by atoms with Crippen LogP contribution in [0.1, 0.15) is 42.3 Å². The van der Waals surface area contributed by atoms with Crippen LogP contribution < -0.4 is 0 Å². The molecule has 1 aliphatic heterocycles. The first-order valence-corrected chi connectivity index (χ1v) is 7.54. The highest BCUT2D eigenvalue weighted by atomic mass is 32.1. The molecule has 0 N–H and O–H groups in total. The molecular formula is C13H20N2OS. The molecular weight excluding hydrogens is 232 g/mol. The fourth-order valence-electron chi connectivity index (χ4n) is 2.76. The van der Waals surface area contributed by atoms with Crippen molar-refractivity contribution in [2.75, 3.05) is 26.3 Å². The molecule has 0 atom stereocenters. The molecule has 2 heterocycles. The van der Waals surface area contributed by atoms with E-state index in [0.717, 1.165) is 38.8 Å². The molecule has 0 spiro atoms. The van der Waals surface area contributed by atoms with Gasteiger partial charge in [0.15, 0.2) is 0 Å². The van der Waals surface area contributed by atoms with Crippen molar-refractivity contribution < 1.29 is 4.74 Å². The van der Waals surface area contributed by atoms with Crippen LogP contribution in [0.3, 0.4) is 0 Å². The molecule has 2 fully saturated rings. The molecule has 0 amide bonds. The fraction of sp³-hybridized carbons (Fsp3) is 0.769. The fourth-order valence-corrected chi connectivity index (χ4v) is 3.67. The van der Waals surface area contributed by atoms with Gasteiger partial charge in [0.25, 0.3) is 0 Å². The molecule has 1 saturated carbocycles. The summed E-state index contributed by atoms with van der Waals surface area (Å²) in [6.45, 7) is 4.87. The van der Waals surface area contributed by atoms with Gasteiger partial charge in [0.05, 0.1) is 25.5 Å². The molecule has 0 aromatic carbocycles. The van der Waals surface area contributed by atoms with Crippen LogP contribution >= 0.6 is 11.3 Å². The standard InChI is InChI=1S/C13H20N2OS/c1-2-4-11(3-1)12-10-17-13(14-12)9-15-5-7-16-8-6-15/h10-11H,1-9H2. The van der Waals surface area contributed by atoms with Crippen molar-refractivity contribution in [3.8, 4) is 0 Å². The molecule has 2 aliphatic rings. The van der Waals surface area contributed by atoms with E-state index in [4.69, 9.17) is 9.72 Å². The Morgan fingerprint density at radius 1 is 1.29 bits per heavy atom.